The second-order valence-corrected chi connectivity index (χ2v) is 6.65. The number of aryl methyl sites for hydroxylation is 1. The first kappa shape index (κ1) is 14.4. The van der Waals surface area contributed by atoms with Crippen LogP contribution in [0.1, 0.15) is 49.4 Å². The molecule has 4 heteroatoms. The zero-order chi connectivity index (χ0) is 15.0. The lowest BCUT2D eigenvalue weighted by molar-refractivity contribution is 0.0217. The Kier molecular flexibility index (Phi) is 3.87. The Bertz CT molecular complexity index is 593. The number of nitrogens with zero attached hydrogens (tertiary/aromatic N) is 2. The summed E-state index contributed by atoms with van der Waals surface area (Å²) in [5.41, 5.74) is 0.560. The van der Waals surface area contributed by atoms with Gasteiger partial charge in [0.25, 0.3) is 5.91 Å². The van der Waals surface area contributed by atoms with Crippen LogP contribution in [0.25, 0.3) is 0 Å². The van der Waals surface area contributed by atoms with Gasteiger partial charge in [-0.2, -0.15) is 0 Å². The Morgan fingerprint density at radius 3 is 2.71 bits per heavy atom. The highest BCUT2D eigenvalue weighted by atomic mass is 16.2. The number of likely N-dealkylation sites (tertiary alicyclic amines) is 1. The van der Waals surface area contributed by atoms with E-state index in [-0.39, 0.29) is 11.5 Å². The molecule has 0 spiro atoms. The molecule has 0 radical (unpaired) electrons. The predicted molar refractivity (Wildman–Crippen MR) is 82.2 cm³/mol. The van der Waals surface area contributed by atoms with Gasteiger partial charge >= 0.3 is 0 Å². The molecule has 114 valence electrons. The Hall–Kier alpha value is -1.58. The molecule has 1 amide bonds. The van der Waals surface area contributed by atoms with E-state index in [4.69, 9.17) is 0 Å². The minimum absolute atomic E-state index is 0.0747. The molecule has 0 unspecified atom stereocenters. The summed E-state index contributed by atoms with van der Waals surface area (Å²) in [6, 6.07) is 3.55. The SMILES string of the molecule is C[C@@H]1CCN(C(=O)c2ccc(=O)n(C)c2)[C@@H]2CCCC[C@H]12. The van der Waals surface area contributed by atoms with E-state index in [2.05, 4.69) is 11.8 Å². The minimum Gasteiger partial charge on any atom is -0.335 e. The number of carbonyl (C=O) groups excluding carboxylic acids is 1. The highest BCUT2D eigenvalue weighted by Gasteiger charge is 2.39. The molecule has 3 rings (SSSR count). The van der Waals surface area contributed by atoms with Crippen LogP contribution in [-0.2, 0) is 7.05 Å². The molecule has 3 atom stereocenters. The molecule has 1 saturated carbocycles. The number of rotatable bonds is 1. The molecular formula is C17H24N2O2. The molecule has 1 aromatic rings. The molecule has 0 aromatic carbocycles. The molecule has 1 saturated heterocycles. The lowest BCUT2D eigenvalue weighted by Gasteiger charge is -2.47. The summed E-state index contributed by atoms with van der Waals surface area (Å²) >= 11 is 0. The average Bonchev–Trinajstić information content (AvgIpc) is 2.50. The summed E-state index contributed by atoms with van der Waals surface area (Å²) in [6.45, 7) is 3.18. The fraction of sp³-hybridized carbons (Fsp3) is 0.647. The largest absolute Gasteiger partial charge is 0.335 e. The van der Waals surface area contributed by atoms with Gasteiger partial charge in [0, 0.05) is 31.9 Å². The van der Waals surface area contributed by atoms with Gasteiger partial charge in [0.1, 0.15) is 0 Å². The highest BCUT2D eigenvalue weighted by molar-refractivity contribution is 5.94. The molecular weight excluding hydrogens is 264 g/mol. The maximum absolute atomic E-state index is 12.8. The van der Waals surface area contributed by atoms with Crippen molar-refractivity contribution in [2.75, 3.05) is 6.54 Å². The molecule has 1 aromatic heterocycles. The van der Waals surface area contributed by atoms with Gasteiger partial charge in [-0.3, -0.25) is 9.59 Å². The van der Waals surface area contributed by atoms with E-state index in [1.165, 1.54) is 29.9 Å². The number of hydrogen-bond donors (Lipinski definition) is 0. The molecule has 2 aliphatic rings. The maximum atomic E-state index is 12.8. The van der Waals surface area contributed by atoms with Gasteiger partial charge in [0.05, 0.1) is 5.56 Å². The second-order valence-electron chi connectivity index (χ2n) is 6.65. The van der Waals surface area contributed by atoms with Crippen LogP contribution >= 0.6 is 0 Å². The van der Waals surface area contributed by atoms with Gasteiger partial charge in [-0.1, -0.05) is 19.8 Å². The molecule has 21 heavy (non-hydrogen) atoms. The van der Waals surface area contributed by atoms with Crippen LogP contribution < -0.4 is 5.56 Å². The Balaban J connectivity index is 1.86. The monoisotopic (exact) mass is 288 g/mol. The van der Waals surface area contributed by atoms with Crippen molar-refractivity contribution < 1.29 is 4.79 Å². The highest BCUT2D eigenvalue weighted by Crippen LogP contribution is 2.39. The zero-order valence-corrected chi connectivity index (χ0v) is 12.9. The summed E-state index contributed by atoms with van der Waals surface area (Å²) in [5, 5.41) is 0. The minimum atomic E-state index is -0.0747. The Morgan fingerprint density at radius 2 is 1.95 bits per heavy atom. The first-order chi connectivity index (χ1) is 10.1. The first-order valence-electron chi connectivity index (χ1n) is 8.05. The van der Waals surface area contributed by atoms with Gasteiger partial charge < -0.3 is 9.47 Å². The number of fused-ring (bicyclic) bond motifs is 1. The molecule has 2 heterocycles. The average molecular weight is 288 g/mol. The van der Waals surface area contributed by atoms with Gasteiger partial charge in [-0.25, -0.2) is 0 Å². The van der Waals surface area contributed by atoms with E-state index in [0.717, 1.165) is 25.3 Å². The number of aromatic nitrogens is 1. The summed E-state index contributed by atoms with van der Waals surface area (Å²) in [4.78, 5) is 26.4. The molecule has 0 N–H and O–H groups in total. The molecule has 2 fully saturated rings. The second kappa shape index (κ2) is 5.66. The third kappa shape index (κ3) is 2.63. The molecule has 1 aliphatic heterocycles. The number of hydrogen-bond acceptors (Lipinski definition) is 2. The van der Waals surface area contributed by atoms with Crippen LogP contribution in [0.2, 0.25) is 0 Å². The van der Waals surface area contributed by atoms with E-state index in [1.54, 1.807) is 19.3 Å². The van der Waals surface area contributed by atoms with Crippen molar-refractivity contribution in [2.45, 2.75) is 45.1 Å². The quantitative estimate of drug-likeness (QED) is 0.796. The van der Waals surface area contributed by atoms with Crippen molar-refractivity contribution in [3.05, 3.63) is 34.2 Å². The van der Waals surface area contributed by atoms with Crippen molar-refractivity contribution in [1.82, 2.24) is 9.47 Å². The third-order valence-electron chi connectivity index (χ3n) is 5.33. The van der Waals surface area contributed by atoms with Crippen molar-refractivity contribution in [1.29, 1.82) is 0 Å². The van der Waals surface area contributed by atoms with Crippen LogP contribution in [0, 0.1) is 11.8 Å². The first-order valence-corrected chi connectivity index (χ1v) is 8.05. The number of amides is 1. The summed E-state index contributed by atoms with van der Waals surface area (Å²) in [7, 11) is 1.70. The molecule has 0 bridgehead atoms. The van der Waals surface area contributed by atoms with Crippen molar-refractivity contribution in [3.8, 4) is 0 Å². The topological polar surface area (TPSA) is 42.3 Å². The van der Waals surface area contributed by atoms with Crippen LogP contribution in [0.15, 0.2) is 23.1 Å². The standard InChI is InChI=1S/C17H24N2O2/c1-12-9-10-19(15-6-4-3-5-14(12)15)17(21)13-7-8-16(20)18(2)11-13/h7-8,11-12,14-15H,3-6,9-10H2,1-2H3/t12-,14-,15-/m1/s1. The van der Waals surface area contributed by atoms with Crippen molar-refractivity contribution >= 4 is 5.91 Å². The number of pyridine rings is 1. The number of carbonyl (C=O) groups is 1. The normalized spacial score (nSPS) is 29.0. The Morgan fingerprint density at radius 1 is 1.19 bits per heavy atom. The van der Waals surface area contributed by atoms with Crippen molar-refractivity contribution in [3.63, 3.8) is 0 Å². The van der Waals surface area contributed by atoms with Crippen molar-refractivity contribution in [2.24, 2.45) is 18.9 Å². The lowest BCUT2D eigenvalue weighted by Crippen LogP contribution is -2.52. The zero-order valence-electron chi connectivity index (χ0n) is 12.9. The van der Waals surface area contributed by atoms with E-state index in [0.29, 0.717) is 17.5 Å². The van der Waals surface area contributed by atoms with Gasteiger partial charge in [-0.05, 0) is 37.2 Å². The molecule has 4 nitrogen and oxygen atoms in total. The van der Waals surface area contributed by atoms with Gasteiger partial charge in [0.2, 0.25) is 5.56 Å². The Labute approximate surface area is 125 Å². The van der Waals surface area contributed by atoms with Crippen LogP contribution in [-0.4, -0.2) is 28.0 Å². The fourth-order valence-corrected chi connectivity index (χ4v) is 4.05. The van der Waals surface area contributed by atoms with E-state index >= 15 is 0 Å². The van der Waals surface area contributed by atoms with Crippen LogP contribution in [0.5, 0.6) is 0 Å². The summed E-state index contributed by atoms with van der Waals surface area (Å²) in [5.74, 6) is 1.47. The van der Waals surface area contributed by atoms with Gasteiger partial charge in [-0.15, -0.1) is 0 Å². The van der Waals surface area contributed by atoms with Gasteiger partial charge in [0.15, 0.2) is 0 Å². The third-order valence-corrected chi connectivity index (χ3v) is 5.33. The van der Waals surface area contributed by atoms with Crippen LogP contribution in [0.4, 0.5) is 0 Å². The van der Waals surface area contributed by atoms with E-state index in [9.17, 15) is 9.59 Å². The predicted octanol–water partition coefficient (Wildman–Crippen LogP) is 2.43. The fourth-order valence-electron chi connectivity index (χ4n) is 4.05. The maximum Gasteiger partial charge on any atom is 0.255 e. The molecule has 1 aliphatic carbocycles. The van der Waals surface area contributed by atoms with E-state index < -0.39 is 0 Å². The van der Waals surface area contributed by atoms with Crippen LogP contribution in [0.3, 0.4) is 0 Å². The smallest absolute Gasteiger partial charge is 0.255 e. The summed E-state index contributed by atoms with van der Waals surface area (Å²) in [6.07, 6.45) is 7.67. The van der Waals surface area contributed by atoms with E-state index in [1.807, 2.05) is 0 Å². The lowest BCUT2D eigenvalue weighted by atomic mass is 9.72. The number of piperidine rings is 1. The summed E-state index contributed by atoms with van der Waals surface area (Å²) < 4.78 is 1.48.